The summed E-state index contributed by atoms with van der Waals surface area (Å²) in [6.45, 7) is 6.82. The maximum atomic E-state index is 9.10. The number of para-hydroxylation sites is 1. The van der Waals surface area contributed by atoms with E-state index in [9.17, 15) is 0 Å². The van der Waals surface area contributed by atoms with Gasteiger partial charge in [-0.15, -0.1) is 0 Å². The predicted molar refractivity (Wildman–Crippen MR) is 115 cm³/mol. The maximum absolute atomic E-state index is 9.10. The van der Waals surface area contributed by atoms with Crippen LogP contribution in [0.25, 0.3) is 0 Å². The second kappa shape index (κ2) is 12.6. The van der Waals surface area contributed by atoms with E-state index in [0.29, 0.717) is 0 Å². The van der Waals surface area contributed by atoms with Gasteiger partial charge in [0.2, 0.25) is 0 Å². The van der Waals surface area contributed by atoms with Crippen LogP contribution in [0.4, 0.5) is 0 Å². The van der Waals surface area contributed by atoms with Crippen molar-refractivity contribution in [3.05, 3.63) is 65.7 Å². The Balaban J connectivity index is 0.000000469. The van der Waals surface area contributed by atoms with E-state index in [-0.39, 0.29) is 0 Å². The molecule has 2 aromatic rings. The van der Waals surface area contributed by atoms with E-state index in [4.69, 9.17) is 24.5 Å². The van der Waals surface area contributed by atoms with Crippen molar-refractivity contribution >= 4 is 11.9 Å². The number of hydrogen-bond acceptors (Lipinski definition) is 5. The van der Waals surface area contributed by atoms with Gasteiger partial charge in [0, 0.05) is 38.3 Å². The van der Waals surface area contributed by atoms with E-state index in [1.807, 2.05) is 6.07 Å². The molecule has 0 atom stereocenters. The summed E-state index contributed by atoms with van der Waals surface area (Å²) in [5, 5.41) is 14.8. The molecule has 1 aliphatic rings. The summed E-state index contributed by atoms with van der Waals surface area (Å²) < 4.78 is 5.47. The summed E-state index contributed by atoms with van der Waals surface area (Å²) >= 11 is 0. The van der Waals surface area contributed by atoms with E-state index in [2.05, 4.69) is 58.3 Å². The standard InChI is InChI=1S/C21H28N2O.C2H2O4/c1-24-21-12-6-5-11-20(21)18-23-16-14-22(15-17-23)13-7-10-19-8-3-2-4-9-19;3-1(4)2(5)6/h2-6,8-9,11-12H,7,10,13-18H2,1H3;(H,3,4)(H,5,6). The van der Waals surface area contributed by atoms with Crippen molar-refractivity contribution in [3.8, 4) is 5.75 Å². The minimum Gasteiger partial charge on any atom is -0.496 e. The quantitative estimate of drug-likeness (QED) is 0.673. The second-order valence-electron chi connectivity index (χ2n) is 7.13. The number of carbonyl (C=O) groups is 2. The fraction of sp³-hybridized carbons (Fsp3) is 0.391. The SMILES string of the molecule is COc1ccccc1CN1CCN(CCCc2ccccc2)CC1.O=C(O)C(=O)O. The molecule has 0 amide bonds. The Morgan fingerprint density at radius 1 is 0.867 bits per heavy atom. The van der Waals surface area contributed by atoms with Crippen LogP contribution >= 0.6 is 0 Å². The van der Waals surface area contributed by atoms with Gasteiger partial charge in [0.1, 0.15) is 5.75 Å². The van der Waals surface area contributed by atoms with Gasteiger partial charge in [0.25, 0.3) is 0 Å². The van der Waals surface area contributed by atoms with Gasteiger partial charge in [-0.05, 0) is 31.0 Å². The Morgan fingerprint density at radius 3 is 2.03 bits per heavy atom. The monoisotopic (exact) mass is 414 g/mol. The highest BCUT2D eigenvalue weighted by molar-refractivity contribution is 6.27. The van der Waals surface area contributed by atoms with E-state index >= 15 is 0 Å². The van der Waals surface area contributed by atoms with E-state index in [1.165, 1.54) is 43.6 Å². The third-order valence-corrected chi connectivity index (χ3v) is 5.02. The van der Waals surface area contributed by atoms with Crippen LogP contribution in [0, 0.1) is 0 Å². The van der Waals surface area contributed by atoms with Crippen molar-refractivity contribution in [2.45, 2.75) is 19.4 Å². The van der Waals surface area contributed by atoms with Crippen LogP contribution in [-0.2, 0) is 22.6 Å². The van der Waals surface area contributed by atoms with Crippen molar-refractivity contribution in [2.75, 3.05) is 39.8 Å². The smallest absolute Gasteiger partial charge is 0.414 e. The number of rotatable bonds is 7. The molecule has 2 N–H and O–H groups in total. The normalized spacial score (nSPS) is 14.4. The molecule has 7 nitrogen and oxygen atoms in total. The molecule has 1 heterocycles. The van der Waals surface area contributed by atoms with Crippen LogP contribution in [0.3, 0.4) is 0 Å². The summed E-state index contributed by atoms with van der Waals surface area (Å²) in [6, 6.07) is 19.2. The van der Waals surface area contributed by atoms with Crippen LogP contribution in [0.2, 0.25) is 0 Å². The van der Waals surface area contributed by atoms with Crippen LogP contribution < -0.4 is 4.74 Å². The van der Waals surface area contributed by atoms with Crippen molar-refractivity contribution < 1.29 is 24.5 Å². The molecule has 30 heavy (non-hydrogen) atoms. The van der Waals surface area contributed by atoms with Crippen LogP contribution in [0.5, 0.6) is 5.75 Å². The minimum absolute atomic E-state index is 0.988. The second-order valence-corrected chi connectivity index (χ2v) is 7.13. The van der Waals surface area contributed by atoms with Crippen LogP contribution in [-0.4, -0.2) is 71.8 Å². The highest BCUT2D eigenvalue weighted by atomic mass is 16.5. The van der Waals surface area contributed by atoms with Gasteiger partial charge in [0.05, 0.1) is 7.11 Å². The first kappa shape index (κ1) is 23.4. The lowest BCUT2D eigenvalue weighted by atomic mass is 10.1. The summed E-state index contributed by atoms with van der Waals surface area (Å²) in [4.78, 5) is 23.3. The van der Waals surface area contributed by atoms with Gasteiger partial charge >= 0.3 is 11.9 Å². The molecule has 2 aromatic carbocycles. The fourth-order valence-electron chi connectivity index (χ4n) is 3.40. The summed E-state index contributed by atoms with van der Waals surface area (Å²) in [7, 11) is 1.75. The number of nitrogens with zero attached hydrogens (tertiary/aromatic N) is 2. The lowest BCUT2D eigenvalue weighted by molar-refractivity contribution is -0.159. The third kappa shape index (κ3) is 8.23. The maximum Gasteiger partial charge on any atom is 0.414 e. The van der Waals surface area contributed by atoms with Crippen LogP contribution in [0.15, 0.2) is 54.6 Å². The lowest BCUT2D eigenvalue weighted by Gasteiger charge is -2.35. The zero-order chi connectivity index (χ0) is 21.8. The zero-order valence-corrected chi connectivity index (χ0v) is 17.4. The number of carboxylic acid groups (broad SMARTS) is 2. The Kier molecular flexibility index (Phi) is 9.83. The molecule has 0 spiro atoms. The van der Waals surface area contributed by atoms with Crippen molar-refractivity contribution in [2.24, 2.45) is 0 Å². The van der Waals surface area contributed by atoms with Crippen LogP contribution in [0.1, 0.15) is 17.5 Å². The van der Waals surface area contributed by atoms with Gasteiger partial charge in [0.15, 0.2) is 0 Å². The van der Waals surface area contributed by atoms with Crippen molar-refractivity contribution in [1.82, 2.24) is 9.80 Å². The molecule has 0 unspecified atom stereocenters. The first-order chi connectivity index (χ1) is 14.5. The number of hydrogen-bond donors (Lipinski definition) is 2. The van der Waals surface area contributed by atoms with E-state index < -0.39 is 11.9 Å². The minimum atomic E-state index is -1.82. The number of carboxylic acids is 2. The molecule has 0 saturated carbocycles. The Hall–Kier alpha value is -2.90. The fourth-order valence-corrected chi connectivity index (χ4v) is 3.40. The highest BCUT2D eigenvalue weighted by Crippen LogP contribution is 2.20. The number of methoxy groups -OCH3 is 1. The first-order valence-electron chi connectivity index (χ1n) is 10.1. The molecule has 1 saturated heterocycles. The number of piperazine rings is 1. The van der Waals surface area contributed by atoms with Gasteiger partial charge in [-0.2, -0.15) is 0 Å². The number of aliphatic carboxylic acids is 2. The molecule has 162 valence electrons. The molecule has 0 radical (unpaired) electrons. The number of ether oxygens (including phenoxy) is 1. The zero-order valence-electron chi connectivity index (χ0n) is 17.4. The average Bonchev–Trinajstić information content (AvgIpc) is 2.76. The molecule has 7 heteroatoms. The predicted octanol–water partition coefficient (Wildman–Crippen LogP) is 2.60. The van der Waals surface area contributed by atoms with E-state index in [1.54, 1.807) is 7.11 Å². The summed E-state index contributed by atoms with van der Waals surface area (Å²) in [6.07, 6.45) is 2.43. The molecular formula is C23H30N2O5. The molecule has 1 fully saturated rings. The number of aryl methyl sites for hydroxylation is 1. The topological polar surface area (TPSA) is 90.3 Å². The van der Waals surface area contributed by atoms with Crippen molar-refractivity contribution in [3.63, 3.8) is 0 Å². The molecule has 1 aliphatic heterocycles. The highest BCUT2D eigenvalue weighted by Gasteiger charge is 2.17. The van der Waals surface area contributed by atoms with Gasteiger partial charge < -0.3 is 19.8 Å². The number of benzene rings is 2. The third-order valence-electron chi connectivity index (χ3n) is 5.02. The van der Waals surface area contributed by atoms with E-state index in [0.717, 1.165) is 25.4 Å². The summed E-state index contributed by atoms with van der Waals surface area (Å²) in [5.41, 5.74) is 2.74. The molecule has 0 aliphatic carbocycles. The lowest BCUT2D eigenvalue weighted by Crippen LogP contribution is -2.46. The van der Waals surface area contributed by atoms with Crippen molar-refractivity contribution in [1.29, 1.82) is 0 Å². The molecule has 0 aromatic heterocycles. The van der Waals surface area contributed by atoms with Gasteiger partial charge in [-0.1, -0.05) is 48.5 Å². The molecule has 0 bridgehead atoms. The van der Waals surface area contributed by atoms with Gasteiger partial charge in [-0.3, -0.25) is 4.90 Å². The Morgan fingerprint density at radius 2 is 1.43 bits per heavy atom. The molecular weight excluding hydrogens is 384 g/mol. The largest absolute Gasteiger partial charge is 0.496 e. The Bertz CT molecular complexity index is 777. The Labute approximate surface area is 177 Å². The average molecular weight is 415 g/mol. The molecule has 3 rings (SSSR count). The van der Waals surface area contributed by atoms with Gasteiger partial charge in [-0.25, -0.2) is 9.59 Å². The summed E-state index contributed by atoms with van der Waals surface area (Å²) in [5.74, 6) is -2.65. The first-order valence-corrected chi connectivity index (χ1v) is 10.1.